The summed E-state index contributed by atoms with van der Waals surface area (Å²) >= 11 is 5.85. The summed E-state index contributed by atoms with van der Waals surface area (Å²) in [7, 11) is 0. The number of alkyl halides is 2. The van der Waals surface area contributed by atoms with Gasteiger partial charge < -0.3 is 15.7 Å². The summed E-state index contributed by atoms with van der Waals surface area (Å²) in [4.78, 5) is 26.3. The lowest BCUT2D eigenvalue weighted by Gasteiger charge is -2.43. The highest BCUT2D eigenvalue weighted by molar-refractivity contribution is 6.29. The molecule has 11 heteroatoms. The minimum atomic E-state index is -2.63. The molecule has 0 spiro atoms. The van der Waals surface area contributed by atoms with Gasteiger partial charge in [-0.15, -0.1) is 0 Å². The van der Waals surface area contributed by atoms with E-state index in [1.807, 2.05) is 4.90 Å². The second-order valence-electron chi connectivity index (χ2n) is 9.30. The normalized spacial score (nSPS) is 17.8. The van der Waals surface area contributed by atoms with Crippen LogP contribution in [0.15, 0.2) is 24.5 Å². The van der Waals surface area contributed by atoms with Crippen LogP contribution in [0.1, 0.15) is 49.8 Å². The van der Waals surface area contributed by atoms with Crippen molar-refractivity contribution < 1.29 is 18.7 Å². The molecule has 0 bridgehead atoms. The summed E-state index contributed by atoms with van der Waals surface area (Å²) in [6.45, 7) is 1.97. The first-order chi connectivity index (χ1) is 16.8. The number of aliphatic carboxylic acids is 1. The van der Waals surface area contributed by atoms with Crippen LogP contribution in [0, 0.1) is 0 Å². The van der Waals surface area contributed by atoms with Crippen LogP contribution in [0.2, 0.25) is 5.15 Å². The van der Waals surface area contributed by atoms with Gasteiger partial charge >= 0.3 is 5.97 Å². The number of hydrogen-bond donors (Lipinski definition) is 3. The molecular weight excluding hydrogens is 478 g/mol. The molecule has 2 aromatic heterocycles. The van der Waals surface area contributed by atoms with Crippen molar-refractivity contribution in [1.29, 1.82) is 0 Å². The highest BCUT2D eigenvalue weighted by Gasteiger charge is 2.47. The van der Waals surface area contributed by atoms with Gasteiger partial charge in [0.1, 0.15) is 29.2 Å². The zero-order chi connectivity index (χ0) is 24.8. The van der Waals surface area contributed by atoms with Crippen molar-refractivity contribution in [2.45, 2.75) is 69.4 Å². The number of anilines is 2. The third kappa shape index (κ3) is 7.20. The average Bonchev–Trinajstić information content (AvgIpc) is 2.81. The lowest BCUT2D eigenvalue weighted by Crippen LogP contribution is -2.52. The number of carbonyl (C=O) groups is 1. The Morgan fingerprint density at radius 1 is 1.29 bits per heavy atom. The number of hydrogen-bond acceptors (Lipinski definition) is 7. The number of unbranched alkanes of at least 4 members (excludes halogenated alkanes) is 1. The molecule has 1 fully saturated rings. The number of carboxylic acids is 1. The number of pyridine rings is 1. The van der Waals surface area contributed by atoms with E-state index < -0.39 is 17.9 Å². The maximum Gasteiger partial charge on any atom is 0.326 e. The van der Waals surface area contributed by atoms with Crippen LogP contribution in [0.3, 0.4) is 0 Å². The Morgan fingerprint density at radius 3 is 2.86 bits per heavy atom. The van der Waals surface area contributed by atoms with Gasteiger partial charge in [0.05, 0.1) is 0 Å². The number of nitrogens with one attached hydrogen (secondary N) is 2. The summed E-state index contributed by atoms with van der Waals surface area (Å²) in [6.07, 6.45) is 5.82. The number of halogens is 3. The van der Waals surface area contributed by atoms with Crippen molar-refractivity contribution in [2.75, 3.05) is 30.3 Å². The molecule has 8 nitrogen and oxygen atoms in total. The highest BCUT2D eigenvalue weighted by atomic mass is 35.5. The van der Waals surface area contributed by atoms with E-state index in [0.29, 0.717) is 18.9 Å². The Kier molecular flexibility index (Phi) is 8.33. The van der Waals surface area contributed by atoms with Gasteiger partial charge in [0, 0.05) is 43.7 Å². The van der Waals surface area contributed by atoms with Gasteiger partial charge in [-0.1, -0.05) is 17.7 Å². The molecule has 35 heavy (non-hydrogen) atoms. The summed E-state index contributed by atoms with van der Waals surface area (Å²) in [5.74, 6) is -2.38. The van der Waals surface area contributed by atoms with Crippen molar-refractivity contribution in [3.05, 3.63) is 40.9 Å². The largest absolute Gasteiger partial charge is 0.480 e. The first-order valence-corrected chi connectivity index (χ1v) is 12.5. The lowest BCUT2D eigenvalue weighted by atomic mass is 9.86. The van der Waals surface area contributed by atoms with Crippen LogP contribution < -0.4 is 10.6 Å². The third-order valence-electron chi connectivity index (χ3n) is 6.62. The molecule has 3 N–H and O–H groups in total. The summed E-state index contributed by atoms with van der Waals surface area (Å²) < 4.78 is 27.1. The molecule has 3 heterocycles. The molecular formula is C24H31ClF2N6O2. The van der Waals surface area contributed by atoms with Crippen molar-refractivity contribution in [2.24, 2.45) is 0 Å². The van der Waals surface area contributed by atoms with Crippen LogP contribution in [0.5, 0.6) is 0 Å². The Labute approximate surface area is 208 Å². The molecule has 0 saturated heterocycles. The second-order valence-corrected chi connectivity index (χ2v) is 9.69. The van der Waals surface area contributed by atoms with E-state index in [1.54, 1.807) is 0 Å². The monoisotopic (exact) mass is 508 g/mol. The molecule has 0 amide bonds. The Hall–Kier alpha value is -2.59. The fourth-order valence-corrected chi connectivity index (χ4v) is 4.78. The first-order valence-electron chi connectivity index (χ1n) is 12.1. The molecule has 1 saturated carbocycles. The standard InChI is InChI=1S/C24H31ClF2N6O2/c25-20-12-21(30-15-29-20)32-19(23(34)35)8-11-33(18-13-24(26,27)14-18)10-2-1-5-17-7-6-16-4-3-9-28-22(16)31-17/h6-7,12,15,18-19H,1-5,8-11,13-14H2,(H,28,31)(H,34,35)(H,29,30,32)/t19-/m0/s1. The number of carboxylic acid groups (broad SMARTS) is 1. The zero-order valence-corrected chi connectivity index (χ0v) is 20.3. The topological polar surface area (TPSA) is 103 Å². The summed E-state index contributed by atoms with van der Waals surface area (Å²) in [5, 5.41) is 16.0. The van der Waals surface area contributed by atoms with Gasteiger partial charge in [-0.3, -0.25) is 4.90 Å². The maximum absolute atomic E-state index is 13.6. The van der Waals surface area contributed by atoms with Gasteiger partial charge in [0.15, 0.2) is 0 Å². The minimum absolute atomic E-state index is 0.183. The fraction of sp³-hybridized carbons (Fsp3) is 0.583. The summed E-state index contributed by atoms with van der Waals surface area (Å²) in [6, 6.07) is 4.50. The highest BCUT2D eigenvalue weighted by Crippen LogP contribution is 2.40. The van der Waals surface area contributed by atoms with Crippen molar-refractivity contribution in [3.63, 3.8) is 0 Å². The molecule has 0 unspecified atom stereocenters. The first kappa shape index (κ1) is 25.5. The molecule has 0 radical (unpaired) electrons. The molecule has 1 atom stereocenters. The molecule has 2 aromatic rings. The number of aryl methyl sites for hydroxylation is 2. The summed E-state index contributed by atoms with van der Waals surface area (Å²) in [5.41, 5.74) is 2.28. The van der Waals surface area contributed by atoms with E-state index in [1.165, 1.54) is 18.0 Å². The molecule has 190 valence electrons. The second kappa shape index (κ2) is 11.4. The molecule has 0 aromatic carbocycles. The van der Waals surface area contributed by atoms with E-state index in [2.05, 4.69) is 32.7 Å². The fourth-order valence-electron chi connectivity index (χ4n) is 4.64. The van der Waals surface area contributed by atoms with E-state index in [9.17, 15) is 18.7 Å². The van der Waals surface area contributed by atoms with Crippen LogP contribution in [0.25, 0.3) is 0 Å². The molecule has 4 rings (SSSR count). The van der Waals surface area contributed by atoms with Gasteiger partial charge in [-0.05, 0) is 56.7 Å². The van der Waals surface area contributed by atoms with Crippen LogP contribution in [-0.4, -0.2) is 68.6 Å². The molecule has 1 aliphatic heterocycles. The predicted molar refractivity (Wildman–Crippen MR) is 130 cm³/mol. The Bertz CT molecular complexity index is 1020. The van der Waals surface area contributed by atoms with E-state index in [0.717, 1.165) is 50.2 Å². The van der Waals surface area contributed by atoms with E-state index in [4.69, 9.17) is 16.6 Å². The van der Waals surface area contributed by atoms with Crippen LogP contribution in [-0.2, 0) is 17.6 Å². The number of fused-ring (bicyclic) bond motifs is 1. The van der Waals surface area contributed by atoms with Crippen molar-refractivity contribution >= 4 is 29.2 Å². The quantitative estimate of drug-likeness (QED) is 0.288. The van der Waals surface area contributed by atoms with E-state index >= 15 is 0 Å². The van der Waals surface area contributed by atoms with Gasteiger partial charge in [0.25, 0.3) is 5.92 Å². The number of rotatable bonds is 12. The van der Waals surface area contributed by atoms with Crippen molar-refractivity contribution in [1.82, 2.24) is 19.9 Å². The van der Waals surface area contributed by atoms with Gasteiger partial charge in [-0.25, -0.2) is 28.5 Å². The molecule has 2 aliphatic rings. The Balaban J connectivity index is 1.29. The van der Waals surface area contributed by atoms with Gasteiger partial charge in [-0.2, -0.15) is 0 Å². The van der Waals surface area contributed by atoms with E-state index in [-0.39, 0.29) is 30.5 Å². The van der Waals surface area contributed by atoms with Gasteiger partial charge in [0.2, 0.25) is 0 Å². The number of aromatic nitrogens is 3. The predicted octanol–water partition coefficient (Wildman–Crippen LogP) is 4.26. The van der Waals surface area contributed by atoms with Crippen LogP contribution >= 0.6 is 11.6 Å². The smallest absolute Gasteiger partial charge is 0.326 e. The Morgan fingerprint density at radius 2 is 2.11 bits per heavy atom. The minimum Gasteiger partial charge on any atom is -0.480 e. The average molecular weight is 509 g/mol. The zero-order valence-electron chi connectivity index (χ0n) is 19.5. The van der Waals surface area contributed by atoms with Crippen LogP contribution in [0.4, 0.5) is 20.4 Å². The lowest BCUT2D eigenvalue weighted by molar-refractivity contribution is -0.139. The third-order valence-corrected chi connectivity index (χ3v) is 6.83. The van der Waals surface area contributed by atoms with Crippen molar-refractivity contribution in [3.8, 4) is 0 Å². The molecule has 1 aliphatic carbocycles. The maximum atomic E-state index is 13.6. The number of nitrogens with zero attached hydrogens (tertiary/aromatic N) is 4. The SMILES string of the molecule is O=C(O)[C@H](CCN(CCCCc1ccc2c(n1)NCCC2)C1CC(F)(F)C1)Nc1cc(Cl)ncn1.